The van der Waals surface area contributed by atoms with Crippen LogP contribution < -0.4 is 32.9 Å². The van der Waals surface area contributed by atoms with Gasteiger partial charge in [0.1, 0.15) is 29.0 Å². The van der Waals surface area contributed by atoms with Gasteiger partial charge in [-0.3, -0.25) is 14.5 Å². The van der Waals surface area contributed by atoms with Crippen molar-refractivity contribution in [2.24, 2.45) is 22.6 Å². The predicted molar refractivity (Wildman–Crippen MR) is 154 cm³/mol. The minimum atomic E-state index is -0.392. The van der Waals surface area contributed by atoms with E-state index in [0.29, 0.717) is 54.7 Å². The van der Waals surface area contributed by atoms with Crippen molar-refractivity contribution in [2.45, 2.75) is 25.8 Å². The lowest BCUT2D eigenvalue weighted by atomic mass is 9.95. The molecule has 2 saturated heterocycles. The van der Waals surface area contributed by atoms with Crippen molar-refractivity contribution in [1.29, 1.82) is 5.26 Å². The van der Waals surface area contributed by atoms with Crippen molar-refractivity contribution in [3.63, 3.8) is 0 Å². The Morgan fingerprint density at radius 2 is 1.85 bits per heavy atom. The maximum atomic E-state index is 12.7. The fourth-order valence-corrected chi connectivity index (χ4v) is 5.20. The number of amides is 1. The number of anilines is 3. The molecule has 2 fully saturated rings. The van der Waals surface area contributed by atoms with Gasteiger partial charge in [0.25, 0.3) is 5.56 Å². The largest absolute Gasteiger partial charge is 0.385 e. The normalized spacial score (nSPS) is 16.9. The molecule has 0 atom stereocenters. The second-order valence-electron chi connectivity index (χ2n) is 10.1. The van der Waals surface area contributed by atoms with Gasteiger partial charge < -0.3 is 20.9 Å². The third-order valence-electron chi connectivity index (χ3n) is 7.47. The third-order valence-corrected chi connectivity index (χ3v) is 7.47. The number of benzene rings is 1. The number of H-pyrrole nitrogens is 1. The number of fused-ring (bicyclic) bond motifs is 1. The number of hydrazine groups is 1. The van der Waals surface area contributed by atoms with Gasteiger partial charge in [0, 0.05) is 44.3 Å². The lowest BCUT2D eigenvalue weighted by Crippen LogP contribution is -2.49. The Balaban J connectivity index is 1.28. The molecule has 4 heterocycles. The number of likely N-dealkylation sites (tertiary alicyclic amines) is 1. The molecule has 0 saturated carbocycles. The molecule has 15 nitrogen and oxygen atoms in total. The highest BCUT2D eigenvalue weighted by atomic mass is 16.2. The van der Waals surface area contributed by atoms with E-state index < -0.39 is 5.56 Å². The zero-order chi connectivity index (χ0) is 28.8. The van der Waals surface area contributed by atoms with Crippen LogP contribution >= 0.6 is 0 Å². The topological polar surface area (TPSA) is 211 Å². The maximum absolute atomic E-state index is 12.7. The standard InChI is InChI=1S/C26H33N13O2/c27-8-5-21(40)38-11-13-39(14-12-38)26-32-20-15-30-35-25(41)22(20)24(33-26)31-19-3-1-17(2-4-19)16-37-9-6-18(7-10-37)23(28)34-36-29/h1-4,15,18,36H,5-7,9-14,16,29H2,(H2,28,34)(H,35,41)(H,31,32,33). The molecule has 0 spiro atoms. The summed E-state index contributed by atoms with van der Waals surface area (Å²) in [6, 6.07) is 9.93. The monoisotopic (exact) mass is 559 g/mol. The molecule has 1 aromatic carbocycles. The highest BCUT2D eigenvalue weighted by molar-refractivity contribution is 5.90. The van der Waals surface area contributed by atoms with Crippen LogP contribution in [0.15, 0.2) is 40.4 Å². The van der Waals surface area contributed by atoms with Crippen LogP contribution in [0.2, 0.25) is 0 Å². The minimum Gasteiger partial charge on any atom is -0.385 e. The number of carbonyl (C=O) groups is 1. The fraction of sp³-hybridized carbons (Fsp3) is 0.423. The summed E-state index contributed by atoms with van der Waals surface area (Å²) in [6.45, 7) is 4.58. The van der Waals surface area contributed by atoms with Gasteiger partial charge >= 0.3 is 0 Å². The van der Waals surface area contributed by atoms with Crippen molar-refractivity contribution in [3.8, 4) is 6.07 Å². The second-order valence-corrected chi connectivity index (χ2v) is 10.1. The van der Waals surface area contributed by atoms with E-state index in [4.69, 9.17) is 21.8 Å². The molecule has 5 rings (SSSR count). The molecule has 0 unspecified atom stereocenters. The number of carbonyl (C=O) groups excluding carboxylic acids is 1. The SMILES string of the molecule is N#CCC(=O)N1CCN(c2nc(Nc3ccc(CN4CCC(/C(N)=N/NN)CC4)cc3)c3c(=O)[nH]ncc3n2)CC1. The zero-order valence-corrected chi connectivity index (χ0v) is 22.6. The van der Waals surface area contributed by atoms with Crippen LogP contribution in [0.3, 0.4) is 0 Å². The number of nitrogens with zero attached hydrogens (tertiary/aromatic N) is 8. The number of piperazine rings is 1. The number of hydrogen-bond acceptors (Lipinski definition) is 12. The van der Waals surface area contributed by atoms with Crippen LogP contribution in [0.1, 0.15) is 24.8 Å². The van der Waals surface area contributed by atoms with E-state index in [2.05, 4.69) is 48.2 Å². The van der Waals surface area contributed by atoms with Crippen LogP contribution in [0.5, 0.6) is 0 Å². The lowest BCUT2D eigenvalue weighted by Gasteiger charge is -2.34. The Morgan fingerprint density at radius 3 is 2.54 bits per heavy atom. The molecule has 3 aromatic rings. The molecule has 214 valence electrons. The molecule has 1 amide bonds. The van der Waals surface area contributed by atoms with Crippen LogP contribution in [-0.4, -0.2) is 81.0 Å². The first-order valence-electron chi connectivity index (χ1n) is 13.5. The minimum absolute atomic E-state index is 0.135. The van der Waals surface area contributed by atoms with Crippen LogP contribution in [0, 0.1) is 17.2 Å². The Bertz CT molecular complexity index is 1500. The summed E-state index contributed by atoms with van der Waals surface area (Å²) in [5.41, 5.74) is 10.2. The number of rotatable bonds is 8. The van der Waals surface area contributed by atoms with Gasteiger partial charge in [-0.25, -0.2) is 21.5 Å². The smallest absolute Gasteiger partial charge is 0.277 e. The number of aromatic nitrogens is 4. The van der Waals surface area contributed by atoms with Crippen molar-refractivity contribution in [3.05, 3.63) is 46.4 Å². The van der Waals surface area contributed by atoms with Crippen LogP contribution in [0.4, 0.5) is 17.5 Å². The fourth-order valence-electron chi connectivity index (χ4n) is 5.20. The van der Waals surface area contributed by atoms with E-state index in [-0.39, 0.29) is 18.2 Å². The van der Waals surface area contributed by atoms with Crippen LogP contribution in [-0.2, 0) is 11.3 Å². The number of piperidine rings is 1. The summed E-state index contributed by atoms with van der Waals surface area (Å²) in [4.78, 5) is 40.0. The van der Waals surface area contributed by atoms with Gasteiger partial charge in [-0.05, 0) is 43.6 Å². The quantitative estimate of drug-likeness (QED) is 0.107. The van der Waals surface area contributed by atoms with Crippen LogP contribution in [0.25, 0.3) is 10.9 Å². The molecule has 2 aliphatic heterocycles. The number of nitriles is 1. The van der Waals surface area contributed by atoms with Gasteiger partial charge in [-0.1, -0.05) is 12.1 Å². The Labute approximate surface area is 236 Å². The van der Waals surface area contributed by atoms with E-state index in [0.717, 1.165) is 38.2 Å². The van der Waals surface area contributed by atoms with Gasteiger partial charge in [-0.2, -0.15) is 20.4 Å². The van der Waals surface area contributed by atoms with Crippen molar-refractivity contribution >= 4 is 40.1 Å². The van der Waals surface area contributed by atoms with E-state index >= 15 is 0 Å². The zero-order valence-electron chi connectivity index (χ0n) is 22.6. The summed E-state index contributed by atoms with van der Waals surface area (Å²) in [7, 11) is 0. The Morgan fingerprint density at radius 1 is 1.12 bits per heavy atom. The number of nitrogens with one attached hydrogen (secondary N) is 3. The van der Waals surface area contributed by atoms with Gasteiger partial charge in [0.05, 0.1) is 12.3 Å². The van der Waals surface area contributed by atoms with Crippen molar-refractivity contribution in [1.82, 2.24) is 35.5 Å². The number of hydrazone groups is 1. The van der Waals surface area contributed by atoms with Crippen molar-refractivity contribution in [2.75, 3.05) is 49.5 Å². The number of aromatic amines is 1. The summed E-state index contributed by atoms with van der Waals surface area (Å²) in [6.07, 6.45) is 3.21. The third kappa shape index (κ3) is 6.51. The highest BCUT2D eigenvalue weighted by Gasteiger charge is 2.24. The predicted octanol–water partition coefficient (Wildman–Crippen LogP) is -0.0335. The number of hydrogen-bond donors (Lipinski definition) is 5. The molecule has 2 aromatic heterocycles. The summed E-state index contributed by atoms with van der Waals surface area (Å²) >= 11 is 0. The number of amidine groups is 1. The van der Waals surface area contributed by atoms with E-state index in [1.54, 1.807) is 4.90 Å². The van der Waals surface area contributed by atoms with Gasteiger partial charge in [-0.15, -0.1) is 0 Å². The lowest BCUT2D eigenvalue weighted by molar-refractivity contribution is -0.130. The maximum Gasteiger partial charge on any atom is 0.277 e. The first-order chi connectivity index (χ1) is 19.9. The van der Waals surface area contributed by atoms with E-state index in [1.165, 1.54) is 11.8 Å². The highest BCUT2D eigenvalue weighted by Crippen LogP contribution is 2.25. The van der Waals surface area contributed by atoms with E-state index in [9.17, 15) is 9.59 Å². The average Bonchev–Trinajstić information content (AvgIpc) is 2.99. The first-order valence-corrected chi connectivity index (χ1v) is 13.5. The molecule has 2 aliphatic rings. The number of nitrogens with two attached hydrogens (primary N) is 2. The average molecular weight is 560 g/mol. The van der Waals surface area contributed by atoms with Gasteiger partial charge in [0.15, 0.2) is 0 Å². The molecule has 15 heteroatoms. The molecule has 0 aliphatic carbocycles. The molecule has 0 bridgehead atoms. The molecule has 0 radical (unpaired) electrons. The second kappa shape index (κ2) is 12.6. The Hall–Kier alpha value is -4.81. The molecular weight excluding hydrogens is 526 g/mol. The van der Waals surface area contributed by atoms with Crippen molar-refractivity contribution < 1.29 is 4.79 Å². The molecule has 41 heavy (non-hydrogen) atoms. The molecular formula is C26H33N13O2. The first kappa shape index (κ1) is 27.7. The summed E-state index contributed by atoms with van der Waals surface area (Å²) in [5, 5.41) is 22.7. The van der Waals surface area contributed by atoms with E-state index in [1.807, 2.05) is 23.1 Å². The Kier molecular flexibility index (Phi) is 8.51. The summed E-state index contributed by atoms with van der Waals surface area (Å²) in [5.74, 6) is 6.65. The summed E-state index contributed by atoms with van der Waals surface area (Å²) < 4.78 is 0. The van der Waals surface area contributed by atoms with Gasteiger partial charge in [0.2, 0.25) is 11.9 Å². The molecule has 7 N–H and O–H groups in total.